The van der Waals surface area contributed by atoms with Gasteiger partial charge in [0.2, 0.25) is 0 Å². The Morgan fingerprint density at radius 3 is 2.53 bits per heavy atom. The third-order valence-electron chi connectivity index (χ3n) is 3.70. The van der Waals surface area contributed by atoms with E-state index in [4.69, 9.17) is 5.11 Å². The van der Waals surface area contributed by atoms with Gasteiger partial charge in [0, 0.05) is 38.5 Å². The standard InChI is InChI=1S/C16H26N2O/c1-18(11-3-2-4-12-19)16-9-5-14(6-10-16)13-17-15-7-8-15/h5-6,9-10,15,17,19H,2-4,7-8,11-13H2,1H3. The molecule has 3 heteroatoms. The maximum atomic E-state index is 8.75. The summed E-state index contributed by atoms with van der Waals surface area (Å²) < 4.78 is 0. The topological polar surface area (TPSA) is 35.5 Å². The van der Waals surface area contributed by atoms with Gasteiger partial charge in [0.1, 0.15) is 0 Å². The van der Waals surface area contributed by atoms with Gasteiger partial charge in [-0.25, -0.2) is 0 Å². The summed E-state index contributed by atoms with van der Waals surface area (Å²) in [5.41, 5.74) is 2.64. The summed E-state index contributed by atoms with van der Waals surface area (Å²) in [5.74, 6) is 0. The molecule has 0 atom stereocenters. The van der Waals surface area contributed by atoms with Crippen molar-refractivity contribution in [3.63, 3.8) is 0 Å². The molecule has 3 nitrogen and oxygen atoms in total. The summed E-state index contributed by atoms with van der Waals surface area (Å²) in [6.07, 6.45) is 5.84. The molecule has 0 amide bonds. The van der Waals surface area contributed by atoms with Gasteiger partial charge in [0.25, 0.3) is 0 Å². The van der Waals surface area contributed by atoms with E-state index in [9.17, 15) is 0 Å². The summed E-state index contributed by atoms with van der Waals surface area (Å²) in [4.78, 5) is 2.29. The maximum Gasteiger partial charge on any atom is 0.0431 e. The molecule has 1 saturated carbocycles. The number of aliphatic hydroxyl groups is 1. The smallest absolute Gasteiger partial charge is 0.0431 e. The minimum absolute atomic E-state index is 0.312. The van der Waals surface area contributed by atoms with Crippen molar-refractivity contribution in [1.82, 2.24) is 5.32 Å². The van der Waals surface area contributed by atoms with Crippen molar-refractivity contribution in [2.45, 2.75) is 44.7 Å². The van der Waals surface area contributed by atoms with E-state index in [1.165, 1.54) is 24.1 Å². The first-order valence-electron chi connectivity index (χ1n) is 7.44. The summed E-state index contributed by atoms with van der Waals surface area (Å²) in [5, 5.41) is 12.3. The van der Waals surface area contributed by atoms with Crippen LogP contribution in [0, 0.1) is 0 Å². The summed E-state index contributed by atoms with van der Waals surface area (Å²) >= 11 is 0. The normalized spacial score (nSPS) is 14.6. The van der Waals surface area contributed by atoms with Crippen LogP contribution in [0.2, 0.25) is 0 Å². The number of hydrogen-bond acceptors (Lipinski definition) is 3. The first kappa shape index (κ1) is 14.4. The maximum absolute atomic E-state index is 8.75. The zero-order valence-corrected chi connectivity index (χ0v) is 11.9. The minimum Gasteiger partial charge on any atom is -0.396 e. The van der Waals surface area contributed by atoms with Crippen molar-refractivity contribution >= 4 is 5.69 Å². The molecule has 0 saturated heterocycles. The van der Waals surface area contributed by atoms with Crippen LogP contribution in [0.15, 0.2) is 24.3 Å². The molecule has 106 valence electrons. The van der Waals surface area contributed by atoms with Gasteiger partial charge in [-0.3, -0.25) is 0 Å². The predicted octanol–water partition coefficient (Wildman–Crippen LogP) is 2.54. The van der Waals surface area contributed by atoms with Gasteiger partial charge in [-0.05, 0) is 49.8 Å². The molecule has 0 aliphatic heterocycles. The van der Waals surface area contributed by atoms with Crippen molar-refractivity contribution < 1.29 is 5.11 Å². The molecule has 0 bridgehead atoms. The second-order valence-corrected chi connectivity index (χ2v) is 5.53. The highest BCUT2D eigenvalue weighted by Crippen LogP contribution is 2.20. The molecule has 1 aromatic carbocycles. The molecule has 1 aromatic rings. The lowest BCUT2D eigenvalue weighted by atomic mass is 10.2. The van der Waals surface area contributed by atoms with Crippen LogP contribution in [-0.4, -0.2) is 31.3 Å². The third-order valence-corrected chi connectivity index (χ3v) is 3.70. The number of unbranched alkanes of at least 4 members (excludes halogenated alkanes) is 2. The predicted molar refractivity (Wildman–Crippen MR) is 80.5 cm³/mol. The highest BCUT2D eigenvalue weighted by molar-refractivity contribution is 5.46. The lowest BCUT2D eigenvalue weighted by Crippen LogP contribution is -2.19. The van der Waals surface area contributed by atoms with Gasteiger partial charge in [-0.1, -0.05) is 12.1 Å². The van der Waals surface area contributed by atoms with E-state index < -0.39 is 0 Å². The molecule has 0 heterocycles. The second-order valence-electron chi connectivity index (χ2n) is 5.53. The van der Waals surface area contributed by atoms with Crippen LogP contribution in [0.1, 0.15) is 37.7 Å². The van der Waals surface area contributed by atoms with Crippen molar-refractivity contribution in [3.8, 4) is 0 Å². The summed E-state index contributed by atoms with van der Waals surface area (Å²) in [7, 11) is 2.14. The fraction of sp³-hybridized carbons (Fsp3) is 0.625. The Labute approximate surface area is 116 Å². The summed E-state index contributed by atoms with van der Waals surface area (Å²) in [6.45, 7) is 2.36. The van der Waals surface area contributed by atoms with Crippen LogP contribution in [0.4, 0.5) is 5.69 Å². The van der Waals surface area contributed by atoms with E-state index in [0.29, 0.717) is 6.61 Å². The molecule has 0 spiro atoms. The van der Waals surface area contributed by atoms with Gasteiger partial charge in [-0.15, -0.1) is 0 Å². The monoisotopic (exact) mass is 262 g/mol. The highest BCUT2D eigenvalue weighted by Gasteiger charge is 2.19. The molecule has 1 aliphatic rings. The van der Waals surface area contributed by atoms with E-state index in [-0.39, 0.29) is 0 Å². The van der Waals surface area contributed by atoms with Crippen LogP contribution in [-0.2, 0) is 6.54 Å². The molecule has 1 fully saturated rings. The minimum atomic E-state index is 0.312. The zero-order chi connectivity index (χ0) is 13.5. The first-order valence-corrected chi connectivity index (χ1v) is 7.44. The lowest BCUT2D eigenvalue weighted by Gasteiger charge is -2.19. The molecular weight excluding hydrogens is 236 g/mol. The van der Waals surface area contributed by atoms with Gasteiger partial charge in [-0.2, -0.15) is 0 Å². The number of benzene rings is 1. The Hall–Kier alpha value is -1.06. The third kappa shape index (κ3) is 5.21. The van der Waals surface area contributed by atoms with Crippen LogP contribution in [0.25, 0.3) is 0 Å². The zero-order valence-electron chi connectivity index (χ0n) is 11.9. The number of anilines is 1. The molecule has 19 heavy (non-hydrogen) atoms. The van der Waals surface area contributed by atoms with Crippen molar-refractivity contribution in [2.24, 2.45) is 0 Å². The van der Waals surface area contributed by atoms with Gasteiger partial charge in [0.15, 0.2) is 0 Å². The number of nitrogens with zero attached hydrogens (tertiary/aromatic N) is 1. The second kappa shape index (κ2) is 7.51. The molecule has 2 N–H and O–H groups in total. The van der Waals surface area contributed by atoms with Crippen molar-refractivity contribution in [2.75, 3.05) is 25.1 Å². The van der Waals surface area contributed by atoms with Crippen LogP contribution in [0.3, 0.4) is 0 Å². The molecule has 2 rings (SSSR count). The van der Waals surface area contributed by atoms with Gasteiger partial charge < -0.3 is 15.3 Å². The average Bonchev–Trinajstić information content (AvgIpc) is 3.26. The Bertz CT molecular complexity index is 360. The van der Waals surface area contributed by atoms with E-state index in [1.807, 2.05) is 0 Å². The first-order chi connectivity index (χ1) is 9.29. The van der Waals surface area contributed by atoms with Crippen LogP contribution < -0.4 is 10.2 Å². The van der Waals surface area contributed by atoms with Crippen molar-refractivity contribution in [3.05, 3.63) is 29.8 Å². The molecule has 1 aliphatic carbocycles. The van der Waals surface area contributed by atoms with Crippen LogP contribution >= 0.6 is 0 Å². The van der Waals surface area contributed by atoms with Gasteiger partial charge >= 0.3 is 0 Å². The van der Waals surface area contributed by atoms with E-state index in [0.717, 1.165) is 38.4 Å². The largest absolute Gasteiger partial charge is 0.396 e. The Morgan fingerprint density at radius 2 is 1.89 bits per heavy atom. The summed E-state index contributed by atoms with van der Waals surface area (Å²) in [6, 6.07) is 9.62. The van der Waals surface area contributed by atoms with E-state index in [1.54, 1.807) is 0 Å². The Balaban J connectivity index is 1.72. The van der Waals surface area contributed by atoms with E-state index >= 15 is 0 Å². The van der Waals surface area contributed by atoms with Crippen LogP contribution in [0.5, 0.6) is 0 Å². The number of aliphatic hydroxyl groups excluding tert-OH is 1. The molecule has 0 unspecified atom stereocenters. The highest BCUT2D eigenvalue weighted by atomic mass is 16.2. The number of rotatable bonds is 9. The van der Waals surface area contributed by atoms with E-state index in [2.05, 4.69) is 41.5 Å². The van der Waals surface area contributed by atoms with Crippen molar-refractivity contribution in [1.29, 1.82) is 0 Å². The number of nitrogens with one attached hydrogen (secondary N) is 1. The molecule has 0 radical (unpaired) electrons. The van der Waals surface area contributed by atoms with Gasteiger partial charge in [0.05, 0.1) is 0 Å². The number of hydrogen-bond donors (Lipinski definition) is 2. The molecular formula is C16H26N2O. The fourth-order valence-electron chi connectivity index (χ4n) is 2.18. The average molecular weight is 262 g/mol. The SMILES string of the molecule is CN(CCCCCO)c1ccc(CNC2CC2)cc1. The Morgan fingerprint density at radius 1 is 1.16 bits per heavy atom. The lowest BCUT2D eigenvalue weighted by molar-refractivity contribution is 0.283. The quantitative estimate of drug-likeness (QED) is 0.671. The molecule has 0 aromatic heterocycles. The Kier molecular flexibility index (Phi) is 5.67. The fourth-order valence-corrected chi connectivity index (χ4v) is 2.18.